The average Bonchev–Trinajstić information content (AvgIpc) is 3.35. The fraction of sp³-hybridized carbons (Fsp3) is 0.400. The van der Waals surface area contributed by atoms with Crippen LogP contribution in [0.1, 0.15) is 30.4 Å². The summed E-state index contributed by atoms with van der Waals surface area (Å²) in [4.78, 5) is 37.1. The SMILES string of the molecule is CC1C(C(=O)O)CCN1C(=O)COCCNC(=O)OCC1c2ccccc2-c2ccccc21. The van der Waals surface area contributed by atoms with Crippen molar-refractivity contribution in [3.05, 3.63) is 59.7 Å². The molecule has 2 N–H and O–H groups in total. The zero-order valence-corrected chi connectivity index (χ0v) is 18.5. The normalized spacial score (nSPS) is 19.1. The molecule has 0 aromatic heterocycles. The van der Waals surface area contributed by atoms with Crippen molar-refractivity contribution in [2.45, 2.75) is 25.3 Å². The second kappa shape index (κ2) is 10.0. The van der Waals surface area contributed by atoms with Crippen molar-refractivity contribution >= 4 is 18.0 Å². The molecule has 4 rings (SSSR count). The van der Waals surface area contributed by atoms with E-state index in [1.54, 1.807) is 6.92 Å². The molecule has 0 bridgehead atoms. The monoisotopic (exact) mass is 452 g/mol. The minimum absolute atomic E-state index is 0.00546. The van der Waals surface area contributed by atoms with Crippen LogP contribution in [-0.2, 0) is 19.1 Å². The second-order valence-corrected chi connectivity index (χ2v) is 8.37. The van der Waals surface area contributed by atoms with Gasteiger partial charge in [-0.15, -0.1) is 0 Å². The molecule has 2 aliphatic rings. The Kier molecular flexibility index (Phi) is 6.93. The highest BCUT2D eigenvalue weighted by atomic mass is 16.5. The van der Waals surface area contributed by atoms with Gasteiger partial charge in [-0.05, 0) is 35.6 Å². The second-order valence-electron chi connectivity index (χ2n) is 8.37. The van der Waals surface area contributed by atoms with Gasteiger partial charge in [0.05, 0.1) is 12.5 Å². The molecule has 1 saturated heterocycles. The summed E-state index contributed by atoms with van der Waals surface area (Å²) < 4.78 is 10.8. The maximum Gasteiger partial charge on any atom is 0.407 e. The molecule has 2 amide bonds. The van der Waals surface area contributed by atoms with E-state index in [1.165, 1.54) is 16.0 Å². The Hall–Kier alpha value is -3.39. The van der Waals surface area contributed by atoms with Crippen molar-refractivity contribution in [1.82, 2.24) is 10.2 Å². The number of rotatable bonds is 8. The van der Waals surface area contributed by atoms with E-state index in [0.717, 1.165) is 11.1 Å². The number of likely N-dealkylation sites (tertiary alicyclic amines) is 1. The molecule has 0 radical (unpaired) electrons. The number of hydrogen-bond donors (Lipinski definition) is 2. The number of amides is 2. The highest BCUT2D eigenvalue weighted by molar-refractivity contribution is 5.80. The Morgan fingerprint density at radius 2 is 1.70 bits per heavy atom. The number of carboxylic acid groups (broad SMARTS) is 1. The molecule has 2 unspecified atom stereocenters. The lowest BCUT2D eigenvalue weighted by atomic mass is 9.98. The minimum Gasteiger partial charge on any atom is -0.481 e. The van der Waals surface area contributed by atoms with Gasteiger partial charge in [-0.1, -0.05) is 48.5 Å². The van der Waals surface area contributed by atoms with Gasteiger partial charge in [-0.2, -0.15) is 0 Å². The lowest BCUT2D eigenvalue weighted by Crippen LogP contribution is -2.40. The van der Waals surface area contributed by atoms with Crippen molar-refractivity contribution < 1.29 is 29.0 Å². The van der Waals surface area contributed by atoms with Crippen LogP contribution in [0.5, 0.6) is 0 Å². The molecule has 1 fully saturated rings. The number of carbonyl (C=O) groups is 3. The first kappa shape index (κ1) is 22.8. The summed E-state index contributed by atoms with van der Waals surface area (Å²) in [5.41, 5.74) is 4.63. The number of alkyl carbamates (subject to hydrolysis) is 1. The van der Waals surface area contributed by atoms with Crippen LogP contribution in [0.2, 0.25) is 0 Å². The van der Waals surface area contributed by atoms with Gasteiger partial charge in [0.15, 0.2) is 0 Å². The van der Waals surface area contributed by atoms with Crippen molar-refractivity contribution in [1.29, 1.82) is 0 Å². The van der Waals surface area contributed by atoms with E-state index >= 15 is 0 Å². The van der Waals surface area contributed by atoms with E-state index in [0.29, 0.717) is 13.0 Å². The minimum atomic E-state index is -0.883. The summed E-state index contributed by atoms with van der Waals surface area (Å²) >= 11 is 0. The topological polar surface area (TPSA) is 105 Å². The summed E-state index contributed by atoms with van der Waals surface area (Å²) in [5, 5.41) is 11.8. The van der Waals surface area contributed by atoms with E-state index in [4.69, 9.17) is 14.6 Å². The third-order valence-corrected chi connectivity index (χ3v) is 6.48. The van der Waals surface area contributed by atoms with Gasteiger partial charge in [0, 0.05) is 25.0 Å². The molecule has 2 atom stereocenters. The molecule has 1 aliphatic heterocycles. The lowest BCUT2D eigenvalue weighted by Gasteiger charge is -2.23. The maximum atomic E-state index is 12.3. The van der Waals surface area contributed by atoms with Crippen LogP contribution < -0.4 is 5.32 Å². The van der Waals surface area contributed by atoms with Crippen LogP contribution in [0.25, 0.3) is 11.1 Å². The number of fused-ring (bicyclic) bond motifs is 3. The van der Waals surface area contributed by atoms with Crippen LogP contribution in [0.3, 0.4) is 0 Å². The van der Waals surface area contributed by atoms with Crippen LogP contribution >= 0.6 is 0 Å². The van der Waals surface area contributed by atoms with Gasteiger partial charge in [0.25, 0.3) is 0 Å². The third kappa shape index (κ3) is 4.85. The number of carboxylic acids is 1. The molecule has 8 nitrogen and oxygen atoms in total. The summed E-state index contributed by atoms with van der Waals surface area (Å²) in [6, 6.07) is 15.9. The van der Waals surface area contributed by atoms with Crippen LogP contribution in [-0.4, -0.2) is 66.9 Å². The van der Waals surface area contributed by atoms with Gasteiger partial charge in [-0.25, -0.2) is 4.79 Å². The van der Waals surface area contributed by atoms with E-state index < -0.39 is 18.0 Å². The fourth-order valence-corrected chi connectivity index (χ4v) is 4.74. The van der Waals surface area contributed by atoms with Crippen LogP contribution in [0.15, 0.2) is 48.5 Å². The Bertz CT molecular complexity index is 994. The number of nitrogens with zero attached hydrogens (tertiary/aromatic N) is 1. The number of hydrogen-bond acceptors (Lipinski definition) is 5. The summed E-state index contributed by atoms with van der Waals surface area (Å²) in [6.45, 7) is 2.60. The van der Waals surface area contributed by atoms with Crippen molar-refractivity contribution in [2.75, 3.05) is 32.9 Å². The quantitative estimate of drug-likeness (QED) is 0.597. The Balaban J connectivity index is 1.18. The molecule has 1 heterocycles. The van der Waals surface area contributed by atoms with Gasteiger partial charge < -0.3 is 24.8 Å². The van der Waals surface area contributed by atoms with Gasteiger partial charge in [0.2, 0.25) is 5.91 Å². The van der Waals surface area contributed by atoms with E-state index in [1.807, 2.05) is 24.3 Å². The molecular weight excluding hydrogens is 424 g/mol. The van der Waals surface area contributed by atoms with Crippen LogP contribution in [0, 0.1) is 5.92 Å². The summed E-state index contributed by atoms with van der Waals surface area (Å²) in [5.74, 6) is -1.67. The Morgan fingerprint density at radius 3 is 2.30 bits per heavy atom. The van der Waals surface area contributed by atoms with Gasteiger partial charge in [-0.3, -0.25) is 9.59 Å². The first-order valence-corrected chi connectivity index (χ1v) is 11.2. The first-order valence-electron chi connectivity index (χ1n) is 11.2. The summed E-state index contributed by atoms with van der Waals surface area (Å²) in [7, 11) is 0. The highest BCUT2D eigenvalue weighted by Crippen LogP contribution is 2.44. The van der Waals surface area contributed by atoms with Crippen LogP contribution in [0.4, 0.5) is 4.79 Å². The number of nitrogens with one attached hydrogen (secondary N) is 1. The predicted molar refractivity (Wildman–Crippen MR) is 121 cm³/mol. The molecule has 174 valence electrons. The summed E-state index contributed by atoms with van der Waals surface area (Å²) in [6.07, 6.45) is -0.0877. The fourth-order valence-electron chi connectivity index (χ4n) is 4.74. The first-order chi connectivity index (χ1) is 16.0. The molecule has 33 heavy (non-hydrogen) atoms. The number of carbonyl (C=O) groups excluding carboxylic acids is 2. The Morgan fingerprint density at radius 1 is 1.06 bits per heavy atom. The van der Waals surface area contributed by atoms with E-state index in [-0.39, 0.29) is 44.2 Å². The van der Waals surface area contributed by atoms with E-state index in [9.17, 15) is 14.4 Å². The number of benzene rings is 2. The maximum absolute atomic E-state index is 12.3. The lowest BCUT2D eigenvalue weighted by molar-refractivity contribution is -0.143. The zero-order chi connectivity index (χ0) is 23.4. The molecule has 0 saturated carbocycles. The standard InChI is InChI=1S/C25H28N2O6/c1-16-17(24(29)30)10-12-27(16)23(28)15-32-13-11-26-25(31)33-14-22-20-8-4-2-6-18(20)19-7-3-5-9-21(19)22/h2-9,16-17,22H,10-15H2,1H3,(H,26,31)(H,29,30). The Labute approximate surface area is 192 Å². The average molecular weight is 453 g/mol. The zero-order valence-electron chi connectivity index (χ0n) is 18.5. The molecule has 1 aliphatic carbocycles. The molecule has 2 aromatic carbocycles. The molecule has 0 spiro atoms. The highest BCUT2D eigenvalue weighted by Gasteiger charge is 2.37. The smallest absolute Gasteiger partial charge is 0.407 e. The number of aliphatic carboxylic acids is 1. The number of ether oxygens (including phenoxy) is 2. The molecular formula is C25H28N2O6. The van der Waals surface area contributed by atoms with Crippen molar-refractivity contribution in [3.63, 3.8) is 0 Å². The van der Waals surface area contributed by atoms with E-state index in [2.05, 4.69) is 29.6 Å². The largest absolute Gasteiger partial charge is 0.481 e. The van der Waals surface area contributed by atoms with Crippen molar-refractivity contribution in [3.8, 4) is 11.1 Å². The third-order valence-electron chi connectivity index (χ3n) is 6.48. The van der Waals surface area contributed by atoms with Gasteiger partial charge in [0.1, 0.15) is 13.2 Å². The van der Waals surface area contributed by atoms with Crippen molar-refractivity contribution in [2.24, 2.45) is 5.92 Å². The predicted octanol–water partition coefficient (Wildman–Crippen LogP) is 2.86. The molecule has 2 aromatic rings. The van der Waals surface area contributed by atoms with Gasteiger partial charge >= 0.3 is 12.1 Å². The molecule has 8 heteroatoms.